The zero-order chi connectivity index (χ0) is 91.4. The molecule has 0 atom stereocenters. The molecule has 0 aliphatic heterocycles. The summed E-state index contributed by atoms with van der Waals surface area (Å²) in [6, 6.07) is 184. The van der Waals surface area contributed by atoms with Gasteiger partial charge in [0.1, 0.15) is 5.69 Å². The second-order valence-electron chi connectivity index (χ2n) is 34.3. The fraction of sp³-hybridized carbons (Fsp3) is 0. The van der Waals surface area contributed by atoms with Crippen LogP contribution in [-0.2, 0) is 42.1 Å². The minimum absolute atomic E-state index is 0. The number of ether oxygens (including phenoxy) is 2. The second-order valence-corrected chi connectivity index (χ2v) is 34.3. The van der Waals surface area contributed by atoms with Gasteiger partial charge in [0.05, 0.1) is 72.2 Å². The van der Waals surface area contributed by atoms with E-state index >= 15 is 0 Å². The molecule has 0 fully saturated rings. The molecular weight excluding hydrogens is 2070 g/mol. The van der Waals surface area contributed by atoms with Gasteiger partial charge in [-0.3, -0.25) is 19.1 Å². The number of para-hydroxylation sites is 12. The molecule has 0 unspecified atom stereocenters. The molecule has 0 amide bonds. The van der Waals surface area contributed by atoms with Crippen LogP contribution in [0.15, 0.2) is 485 Å². The quantitative estimate of drug-likeness (QED) is 0.0634. The second kappa shape index (κ2) is 37.8. The minimum atomic E-state index is 0. The van der Waals surface area contributed by atoms with E-state index in [2.05, 4.69) is 434 Å². The molecule has 140 heavy (non-hydrogen) atoms. The van der Waals surface area contributed by atoms with Crippen molar-refractivity contribution in [2.75, 3.05) is 0 Å². The third-order valence-electron chi connectivity index (χ3n) is 25.9. The van der Waals surface area contributed by atoms with Crippen molar-refractivity contribution in [1.82, 2.24) is 28.2 Å². The van der Waals surface area contributed by atoms with Gasteiger partial charge in [0.25, 0.3) is 12.7 Å². The first kappa shape index (κ1) is 86.8. The first-order chi connectivity index (χ1) is 68.4. The Labute approximate surface area is 838 Å². The third-order valence-corrected chi connectivity index (χ3v) is 25.9. The monoisotopic (exact) mass is 2150 g/mol. The van der Waals surface area contributed by atoms with Crippen LogP contribution in [-0.4, -0.2) is 28.2 Å². The predicted octanol–water partition coefficient (Wildman–Crippen LogP) is 30.8. The molecule has 0 aliphatic carbocycles. The van der Waals surface area contributed by atoms with Gasteiger partial charge in [-0.25, -0.2) is 0 Å². The molecule has 668 valence electrons. The van der Waals surface area contributed by atoms with E-state index in [4.69, 9.17) is 19.4 Å². The van der Waals surface area contributed by atoms with E-state index in [-0.39, 0.29) is 42.1 Å². The Hall–Kier alpha value is -17.3. The van der Waals surface area contributed by atoms with Gasteiger partial charge in [0, 0.05) is 86.7 Å². The van der Waals surface area contributed by atoms with E-state index in [1.54, 1.807) is 0 Å². The van der Waals surface area contributed by atoms with Gasteiger partial charge in [0.2, 0.25) is 0 Å². The van der Waals surface area contributed by atoms with Crippen LogP contribution in [0.1, 0.15) is 0 Å². The molecule has 0 N–H and O–H groups in total. The van der Waals surface area contributed by atoms with E-state index in [0.29, 0.717) is 23.0 Å². The summed E-state index contributed by atoms with van der Waals surface area (Å²) < 4.78 is 26.5. The molecule has 10 nitrogen and oxygen atoms in total. The van der Waals surface area contributed by atoms with E-state index in [1.165, 1.54) is 21.5 Å². The molecule has 0 bridgehead atoms. The molecule has 0 aliphatic rings. The topological polar surface area (TPSA) is 71.7 Å². The fourth-order valence-corrected chi connectivity index (χ4v) is 19.5. The number of nitrogens with zero attached hydrogens (tertiary/aromatic N) is 8. The number of hydrogen-bond acceptors (Lipinski definition) is 4. The zero-order valence-electron chi connectivity index (χ0n) is 75.2. The van der Waals surface area contributed by atoms with Crippen LogP contribution in [0.5, 0.6) is 23.0 Å². The zero-order valence-corrected chi connectivity index (χ0v) is 79.8. The van der Waals surface area contributed by atoms with Crippen molar-refractivity contribution in [3.8, 4) is 146 Å². The summed E-state index contributed by atoms with van der Waals surface area (Å²) >= 11 is 0. The van der Waals surface area contributed by atoms with Gasteiger partial charge in [0.15, 0.2) is 0 Å². The molecule has 0 saturated heterocycles. The summed E-state index contributed by atoms with van der Waals surface area (Å²) in [5.74, 6) is 2.26. The Morgan fingerprint density at radius 2 is 0.521 bits per heavy atom. The summed E-state index contributed by atoms with van der Waals surface area (Å²) in [6.45, 7) is 0. The van der Waals surface area contributed by atoms with E-state index in [9.17, 15) is 0 Å². The first-order valence-corrected chi connectivity index (χ1v) is 46.2. The summed E-state index contributed by atoms with van der Waals surface area (Å²) in [5.41, 5.74) is 32.7. The molecule has 26 rings (SSSR count). The Balaban J connectivity index is 0.000000155. The fourth-order valence-electron chi connectivity index (χ4n) is 19.5. The van der Waals surface area contributed by atoms with Crippen molar-refractivity contribution in [2.24, 2.45) is 0 Å². The Morgan fingerprint density at radius 1 is 0.221 bits per heavy atom. The SMILES string of the molecule is [Pt].[Pt].[c-]1c(Oc2[c-]c(-n3[c-][n+](-c4c(-c5cc(-c6ccccc6)cc(-c6ccccc6)c5)cccc4-c4cc(-c5ccccc5)cc(-c5ccccc5)c4)c4ccccc43)ccc2)cccc1-c1ccc2ccccc2n1.[c-]1c(Oc2[c-]c(-n3[c-][n+](-c4c(-n5c6ccccc6c6ccccc65)cccc4-n4c5ccccc5c5ccccc54)c4ccccc43)ccc2)cccc1-c1ccc2ccccc2n1. The van der Waals surface area contributed by atoms with E-state index in [0.717, 1.165) is 189 Å². The smallest absolute Gasteiger partial charge is 0.268 e. The van der Waals surface area contributed by atoms with Crippen LogP contribution in [0.25, 0.3) is 211 Å². The Kier molecular flexibility index (Phi) is 23.4. The average Bonchev–Trinajstić information content (AvgIpc) is 1.56. The predicted molar refractivity (Wildman–Crippen MR) is 558 cm³/mol. The van der Waals surface area contributed by atoms with Crippen LogP contribution < -0.4 is 18.6 Å². The maximum absolute atomic E-state index is 6.57. The van der Waals surface area contributed by atoms with Crippen LogP contribution in [0, 0.1) is 36.9 Å². The molecule has 0 saturated carbocycles. The number of benzene rings is 20. The molecule has 12 heteroatoms. The molecule has 0 radical (unpaired) electrons. The third kappa shape index (κ3) is 16.4. The standard InChI is InChI=1S/C70H45N3O.C58H35N5O.2Pt/c1-5-20-49(21-6-1)55-40-56(50-22-7-2-8-23-50)43-59(42-55)64-33-19-34-65(60-44-57(51-24-9-3-10-25-51)41-58(45-60)52-26-11-4-12-27-52)70(64)73-48-72(68-36-15-16-37-69(68)73)61-30-18-32-63(47-61)74-62-31-17-29-54(46-62)67-39-38-53-28-13-14-35-66(53)71-67;1-6-25-48-39(16-1)34-35-49(59-48)40-17-13-19-42(36-40)64-43-20-14-18-41(37-43)60-38-61(55-31-12-11-30-54(55)60)58-56(62-50-26-7-2-21-44(50)45-22-3-8-27-51(45)62)32-15-33-57(58)63-52-28-9-4-23-46(52)47-24-5-10-29-53(47)63;;/h1-45H;1-35H;;/q2*-2;;. The summed E-state index contributed by atoms with van der Waals surface area (Å²) in [5, 5.41) is 6.99. The number of fused-ring (bicyclic) bond motifs is 10. The Morgan fingerprint density at radius 3 is 0.907 bits per heavy atom. The van der Waals surface area contributed by atoms with Gasteiger partial charge in [-0.1, -0.05) is 340 Å². The molecular formula is C128H80N8O2Pt2-4. The molecule has 26 aromatic rings. The maximum atomic E-state index is 6.57. The van der Waals surface area contributed by atoms with Gasteiger partial charge in [-0.2, -0.15) is 24.3 Å². The molecule has 6 aromatic heterocycles. The molecule has 6 heterocycles. The van der Waals surface area contributed by atoms with Gasteiger partial charge >= 0.3 is 0 Å². The summed E-state index contributed by atoms with van der Waals surface area (Å²) in [6.07, 6.45) is 7.75. The first-order valence-electron chi connectivity index (χ1n) is 46.2. The van der Waals surface area contributed by atoms with Crippen LogP contribution in [0.2, 0.25) is 0 Å². The summed E-state index contributed by atoms with van der Waals surface area (Å²) in [4.78, 5) is 9.82. The van der Waals surface area contributed by atoms with E-state index in [1.807, 2.05) is 115 Å². The van der Waals surface area contributed by atoms with Crippen LogP contribution >= 0.6 is 0 Å². The van der Waals surface area contributed by atoms with E-state index < -0.39 is 0 Å². The van der Waals surface area contributed by atoms with Crippen LogP contribution in [0.3, 0.4) is 0 Å². The number of pyridine rings is 2. The van der Waals surface area contributed by atoms with Crippen molar-refractivity contribution in [2.45, 2.75) is 0 Å². The molecule has 20 aromatic carbocycles. The normalized spacial score (nSPS) is 11.3. The average molecular weight is 2150 g/mol. The van der Waals surface area contributed by atoms with Crippen molar-refractivity contribution in [3.05, 3.63) is 522 Å². The minimum Gasteiger partial charge on any atom is -0.503 e. The van der Waals surface area contributed by atoms with Crippen molar-refractivity contribution in [1.29, 1.82) is 0 Å². The number of imidazole rings is 2. The van der Waals surface area contributed by atoms with Gasteiger partial charge < -0.3 is 27.7 Å². The van der Waals surface area contributed by atoms with Crippen molar-refractivity contribution in [3.63, 3.8) is 0 Å². The van der Waals surface area contributed by atoms with Gasteiger partial charge in [-0.15, -0.1) is 71.8 Å². The number of hydrogen-bond donors (Lipinski definition) is 0. The van der Waals surface area contributed by atoms with Gasteiger partial charge in [-0.05, 0) is 185 Å². The largest absolute Gasteiger partial charge is 0.503 e. The Bertz CT molecular complexity index is 8690. The van der Waals surface area contributed by atoms with Crippen molar-refractivity contribution >= 4 is 87.5 Å². The van der Waals surface area contributed by atoms with Crippen LogP contribution in [0.4, 0.5) is 0 Å². The maximum Gasteiger partial charge on any atom is 0.268 e. The number of rotatable bonds is 18. The number of aromatic nitrogens is 8. The molecule has 0 spiro atoms. The summed E-state index contributed by atoms with van der Waals surface area (Å²) in [7, 11) is 0. The van der Waals surface area contributed by atoms with Crippen molar-refractivity contribution < 1.29 is 60.7 Å².